The SMILES string of the molecule is CC(C)Oc1ccccc1Cl.CC(C)Oc1cccnc1.Cc1ncccc1OC(C)C. The van der Waals surface area contributed by atoms with E-state index in [2.05, 4.69) is 9.97 Å². The second kappa shape index (κ2) is 15.1. The summed E-state index contributed by atoms with van der Waals surface area (Å²) in [6.07, 6.45) is 5.83. The summed E-state index contributed by atoms with van der Waals surface area (Å²) >= 11 is 5.84. The maximum absolute atomic E-state index is 5.84. The van der Waals surface area contributed by atoms with E-state index in [4.69, 9.17) is 25.8 Å². The quantitative estimate of drug-likeness (QED) is 0.391. The van der Waals surface area contributed by atoms with Crippen molar-refractivity contribution in [1.82, 2.24) is 9.97 Å². The zero-order valence-corrected chi connectivity index (χ0v) is 20.8. The molecule has 0 aliphatic carbocycles. The highest BCUT2D eigenvalue weighted by Crippen LogP contribution is 2.23. The molecule has 3 rings (SSSR count). The lowest BCUT2D eigenvalue weighted by molar-refractivity contribution is 0.239. The molecule has 0 bridgehead atoms. The van der Waals surface area contributed by atoms with Crippen LogP contribution in [0.1, 0.15) is 47.2 Å². The molecule has 0 atom stereocenters. The van der Waals surface area contributed by atoms with E-state index < -0.39 is 0 Å². The Morgan fingerprint density at radius 2 is 1.25 bits per heavy atom. The van der Waals surface area contributed by atoms with Crippen LogP contribution in [0.2, 0.25) is 5.02 Å². The number of para-hydroxylation sites is 1. The number of aryl methyl sites for hydroxylation is 1. The summed E-state index contributed by atoms with van der Waals surface area (Å²) < 4.78 is 16.2. The number of aromatic nitrogens is 2. The third-order valence-corrected chi connectivity index (χ3v) is 3.84. The van der Waals surface area contributed by atoms with E-state index in [0.29, 0.717) is 5.02 Å². The Balaban J connectivity index is 0.000000240. The summed E-state index contributed by atoms with van der Waals surface area (Å²) in [6, 6.07) is 15.0. The van der Waals surface area contributed by atoms with E-state index in [1.807, 2.05) is 97.0 Å². The molecule has 2 aromatic heterocycles. The summed E-state index contributed by atoms with van der Waals surface area (Å²) in [5, 5.41) is 0.668. The van der Waals surface area contributed by atoms with Gasteiger partial charge in [0.1, 0.15) is 17.2 Å². The van der Waals surface area contributed by atoms with Gasteiger partial charge in [0, 0.05) is 12.4 Å². The fourth-order valence-corrected chi connectivity index (χ4v) is 2.51. The predicted molar refractivity (Wildman–Crippen MR) is 132 cm³/mol. The first-order chi connectivity index (χ1) is 15.2. The van der Waals surface area contributed by atoms with Crippen LogP contribution in [0.4, 0.5) is 0 Å². The molecular weight excluding hydrogens is 424 g/mol. The van der Waals surface area contributed by atoms with E-state index in [-0.39, 0.29) is 18.3 Å². The van der Waals surface area contributed by atoms with E-state index in [1.54, 1.807) is 18.6 Å². The van der Waals surface area contributed by atoms with Gasteiger partial charge in [-0.2, -0.15) is 0 Å². The van der Waals surface area contributed by atoms with E-state index in [1.165, 1.54) is 0 Å². The van der Waals surface area contributed by atoms with E-state index in [9.17, 15) is 0 Å². The molecule has 0 unspecified atom stereocenters. The summed E-state index contributed by atoms with van der Waals surface area (Å²) in [7, 11) is 0. The summed E-state index contributed by atoms with van der Waals surface area (Å²) in [5.74, 6) is 2.46. The number of halogens is 1. The molecule has 1 aromatic carbocycles. The average Bonchev–Trinajstić information content (AvgIpc) is 2.72. The Labute approximate surface area is 197 Å². The van der Waals surface area contributed by atoms with Crippen molar-refractivity contribution in [3.8, 4) is 17.2 Å². The molecule has 0 saturated heterocycles. The molecule has 6 heteroatoms. The number of ether oxygens (including phenoxy) is 3. The van der Waals surface area contributed by atoms with Gasteiger partial charge in [0.25, 0.3) is 0 Å². The monoisotopic (exact) mass is 458 g/mol. The maximum atomic E-state index is 5.84. The lowest BCUT2D eigenvalue weighted by Crippen LogP contribution is -2.06. The molecule has 3 aromatic rings. The largest absolute Gasteiger partial charge is 0.489 e. The van der Waals surface area contributed by atoms with Gasteiger partial charge in [0.15, 0.2) is 0 Å². The minimum atomic E-state index is 0.176. The number of pyridine rings is 2. The van der Waals surface area contributed by atoms with Crippen molar-refractivity contribution >= 4 is 11.6 Å². The normalized spacial score (nSPS) is 10.1. The zero-order chi connectivity index (χ0) is 23.9. The number of hydrogen-bond acceptors (Lipinski definition) is 5. The van der Waals surface area contributed by atoms with Crippen molar-refractivity contribution < 1.29 is 14.2 Å². The highest BCUT2D eigenvalue weighted by Gasteiger charge is 2.01. The molecule has 0 fully saturated rings. The van der Waals surface area contributed by atoms with Crippen LogP contribution in [-0.2, 0) is 0 Å². The Bertz CT molecular complexity index is 836. The summed E-state index contributed by atoms with van der Waals surface area (Å²) in [6.45, 7) is 13.9. The van der Waals surface area contributed by atoms with Gasteiger partial charge in [-0.3, -0.25) is 9.97 Å². The van der Waals surface area contributed by atoms with Crippen LogP contribution in [0.25, 0.3) is 0 Å². The molecule has 0 spiro atoms. The van der Waals surface area contributed by atoms with Gasteiger partial charge in [-0.05, 0) is 84.9 Å². The van der Waals surface area contributed by atoms with Gasteiger partial charge < -0.3 is 14.2 Å². The first-order valence-corrected chi connectivity index (χ1v) is 11.1. The van der Waals surface area contributed by atoms with Crippen molar-refractivity contribution in [2.75, 3.05) is 0 Å². The number of hydrogen-bond donors (Lipinski definition) is 0. The van der Waals surface area contributed by atoms with Crippen LogP contribution in [0.3, 0.4) is 0 Å². The fourth-order valence-electron chi connectivity index (χ4n) is 2.33. The lowest BCUT2D eigenvalue weighted by Gasteiger charge is -2.10. The standard InChI is InChI=1S/C9H11ClO.C9H13NO.C8H11NO/c1-7(2)11-9-6-4-3-5-8(9)10;1-7(2)11-9-5-4-6-10-8(9)3;1-7(2)10-8-4-3-5-9-6-8/h3-7H,1-2H3;4-7H,1-3H3;3-7H,1-2H3. The highest BCUT2D eigenvalue weighted by molar-refractivity contribution is 6.32. The van der Waals surface area contributed by atoms with Crippen molar-refractivity contribution in [2.24, 2.45) is 0 Å². The first-order valence-electron chi connectivity index (χ1n) is 10.7. The Morgan fingerprint density at radius 3 is 1.78 bits per heavy atom. The smallest absolute Gasteiger partial charge is 0.140 e. The third-order valence-electron chi connectivity index (χ3n) is 3.53. The van der Waals surface area contributed by atoms with Gasteiger partial charge in [0.05, 0.1) is 35.2 Å². The van der Waals surface area contributed by atoms with Crippen molar-refractivity contribution in [2.45, 2.75) is 66.8 Å². The first kappa shape index (κ1) is 27.2. The molecule has 5 nitrogen and oxygen atoms in total. The molecule has 0 aliphatic heterocycles. The topological polar surface area (TPSA) is 53.5 Å². The van der Waals surface area contributed by atoms with Crippen molar-refractivity contribution in [3.05, 3.63) is 77.8 Å². The van der Waals surface area contributed by atoms with Crippen LogP contribution >= 0.6 is 11.6 Å². The number of nitrogens with zero attached hydrogens (tertiary/aromatic N) is 2. The minimum Gasteiger partial charge on any atom is -0.489 e. The van der Waals surface area contributed by atoms with Crippen LogP contribution < -0.4 is 14.2 Å². The summed E-state index contributed by atoms with van der Waals surface area (Å²) in [4.78, 5) is 8.02. The van der Waals surface area contributed by atoms with Crippen LogP contribution in [-0.4, -0.2) is 28.3 Å². The minimum absolute atomic E-state index is 0.176. The highest BCUT2D eigenvalue weighted by atomic mass is 35.5. The van der Waals surface area contributed by atoms with Crippen LogP contribution in [0.15, 0.2) is 67.1 Å². The maximum Gasteiger partial charge on any atom is 0.140 e. The van der Waals surface area contributed by atoms with Gasteiger partial charge in [-0.1, -0.05) is 23.7 Å². The summed E-state index contributed by atoms with van der Waals surface area (Å²) in [5.41, 5.74) is 0.946. The molecule has 2 heterocycles. The van der Waals surface area contributed by atoms with Crippen molar-refractivity contribution in [3.63, 3.8) is 0 Å². The molecule has 32 heavy (non-hydrogen) atoms. The number of benzene rings is 1. The number of rotatable bonds is 6. The second-order valence-corrected chi connectivity index (χ2v) is 8.11. The molecule has 0 amide bonds. The van der Waals surface area contributed by atoms with E-state index >= 15 is 0 Å². The molecule has 174 valence electrons. The van der Waals surface area contributed by atoms with E-state index in [0.717, 1.165) is 22.9 Å². The predicted octanol–water partition coefficient (Wildman–Crippen LogP) is 7.17. The Kier molecular flexibility index (Phi) is 12.8. The molecule has 0 radical (unpaired) electrons. The van der Waals surface area contributed by atoms with Crippen LogP contribution in [0.5, 0.6) is 17.2 Å². The molecule has 0 aliphatic rings. The van der Waals surface area contributed by atoms with Gasteiger partial charge in [0.2, 0.25) is 0 Å². The van der Waals surface area contributed by atoms with Gasteiger partial charge in [-0.25, -0.2) is 0 Å². The van der Waals surface area contributed by atoms with Gasteiger partial charge >= 0.3 is 0 Å². The second-order valence-electron chi connectivity index (χ2n) is 7.71. The Hall–Kier alpha value is -2.79. The molecule has 0 saturated carbocycles. The average molecular weight is 459 g/mol. The van der Waals surface area contributed by atoms with Crippen LogP contribution in [0, 0.1) is 6.92 Å². The lowest BCUT2D eigenvalue weighted by atomic mass is 10.3. The third kappa shape index (κ3) is 12.2. The zero-order valence-electron chi connectivity index (χ0n) is 20.1. The fraction of sp³-hybridized carbons (Fsp3) is 0.385. The molecular formula is C26H35ClN2O3. The van der Waals surface area contributed by atoms with Crippen molar-refractivity contribution in [1.29, 1.82) is 0 Å². The molecule has 0 N–H and O–H groups in total. The Morgan fingerprint density at radius 1 is 0.688 bits per heavy atom. The van der Waals surface area contributed by atoms with Gasteiger partial charge in [-0.15, -0.1) is 0 Å².